The third-order valence-electron chi connectivity index (χ3n) is 2.42. The number of aryl methyl sites for hydroxylation is 1. The molecule has 1 atom stereocenters. The monoisotopic (exact) mass is 271 g/mol. The molecular weight excluding hydrogens is 254 g/mol. The number of carbonyl (C=O) groups is 2. The molecule has 0 bridgehead atoms. The number of carboxylic acid groups (broad SMARTS) is 1. The number of furan rings is 1. The predicted octanol–water partition coefficient (Wildman–Crippen LogP) is 1.53. The van der Waals surface area contributed by atoms with Gasteiger partial charge in [0, 0.05) is 12.8 Å². The Balaban J connectivity index is 2.34. The van der Waals surface area contributed by atoms with E-state index in [0.717, 1.165) is 5.76 Å². The van der Waals surface area contributed by atoms with E-state index in [1.54, 1.807) is 30.2 Å². The van der Waals surface area contributed by atoms with E-state index >= 15 is 0 Å². The van der Waals surface area contributed by atoms with Crippen molar-refractivity contribution in [2.45, 2.75) is 25.3 Å². The van der Waals surface area contributed by atoms with Gasteiger partial charge in [0.15, 0.2) is 0 Å². The zero-order chi connectivity index (χ0) is 13.4. The summed E-state index contributed by atoms with van der Waals surface area (Å²) in [5, 5.41) is 11.5. The Hall–Kier alpha value is -1.43. The van der Waals surface area contributed by atoms with Gasteiger partial charge >= 0.3 is 5.97 Å². The lowest BCUT2D eigenvalue weighted by atomic mass is 10.2. The van der Waals surface area contributed by atoms with E-state index in [4.69, 9.17) is 9.52 Å². The number of carbonyl (C=O) groups excluding carboxylic acids is 1. The standard InChI is InChI=1S/C12H17NO4S/c1-18-8-6-10(12(15)16)13-11(14)5-4-9-3-2-7-17-9/h2-3,7,10H,4-6,8H2,1H3,(H,13,14)(H,15,16)/t10-/m0/s1. The fourth-order valence-corrected chi connectivity index (χ4v) is 1.92. The van der Waals surface area contributed by atoms with Crippen LogP contribution in [0.2, 0.25) is 0 Å². The van der Waals surface area contributed by atoms with Crippen molar-refractivity contribution in [1.29, 1.82) is 0 Å². The Kier molecular flexibility index (Phi) is 6.35. The number of thioether (sulfide) groups is 1. The Morgan fingerprint density at radius 2 is 2.33 bits per heavy atom. The lowest BCUT2D eigenvalue weighted by Crippen LogP contribution is -2.41. The SMILES string of the molecule is CSCC[C@H](NC(=O)CCc1ccco1)C(=O)O. The van der Waals surface area contributed by atoms with Gasteiger partial charge in [0.1, 0.15) is 11.8 Å². The number of aliphatic carboxylic acids is 1. The van der Waals surface area contributed by atoms with Gasteiger partial charge in [-0.05, 0) is 30.6 Å². The molecule has 1 heterocycles. The highest BCUT2D eigenvalue weighted by Gasteiger charge is 2.19. The molecule has 0 aliphatic heterocycles. The molecule has 0 unspecified atom stereocenters. The predicted molar refractivity (Wildman–Crippen MR) is 69.6 cm³/mol. The molecule has 1 aromatic rings. The Labute approximate surface area is 110 Å². The smallest absolute Gasteiger partial charge is 0.326 e. The van der Waals surface area contributed by atoms with Gasteiger partial charge in [0.25, 0.3) is 0 Å². The zero-order valence-electron chi connectivity index (χ0n) is 10.2. The molecule has 0 aromatic carbocycles. The molecule has 5 nitrogen and oxygen atoms in total. The summed E-state index contributed by atoms with van der Waals surface area (Å²) in [5.41, 5.74) is 0. The van der Waals surface area contributed by atoms with E-state index in [1.165, 1.54) is 0 Å². The molecule has 1 amide bonds. The quantitative estimate of drug-likeness (QED) is 0.749. The molecule has 0 saturated heterocycles. The van der Waals surface area contributed by atoms with Gasteiger partial charge in [-0.3, -0.25) is 4.79 Å². The minimum Gasteiger partial charge on any atom is -0.480 e. The molecule has 1 rings (SSSR count). The van der Waals surface area contributed by atoms with Crippen LogP contribution in [0.4, 0.5) is 0 Å². The van der Waals surface area contributed by atoms with Gasteiger partial charge in [-0.15, -0.1) is 0 Å². The first-order valence-corrected chi connectivity index (χ1v) is 7.06. The molecule has 1 aromatic heterocycles. The van der Waals surface area contributed by atoms with Crippen LogP contribution in [0.15, 0.2) is 22.8 Å². The van der Waals surface area contributed by atoms with Crippen molar-refractivity contribution < 1.29 is 19.1 Å². The van der Waals surface area contributed by atoms with E-state index in [-0.39, 0.29) is 12.3 Å². The fourth-order valence-electron chi connectivity index (χ4n) is 1.45. The number of nitrogens with one attached hydrogen (secondary N) is 1. The maximum atomic E-state index is 11.6. The van der Waals surface area contributed by atoms with Gasteiger partial charge in [0.2, 0.25) is 5.91 Å². The molecule has 0 saturated carbocycles. The molecule has 0 fully saturated rings. The summed E-state index contributed by atoms with van der Waals surface area (Å²) in [4.78, 5) is 22.5. The number of carboxylic acids is 1. The lowest BCUT2D eigenvalue weighted by molar-refractivity contribution is -0.141. The van der Waals surface area contributed by atoms with Crippen LogP contribution in [-0.2, 0) is 16.0 Å². The summed E-state index contributed by atoms with van der Waals surface area (Å²) >= 11 is 1.56. The van der Waals surface area contributed by atoms with Crippen molar-refractivity contribution >= 4 is 23.6 Å². The van der Waals surface area contributed by atoms with Crippen LogP contribution in [0.25, 0.3) is 0 Å². The molecule has 6 heteroatoms. The molecule has 2 N–H and O–H groups in total. The highest BCUT2D eigenvalue weighted by Crippen LogP contribution is 2.05. The maximum Gasteiger partial charge on any atom is 0.326 e. The minimum atomic E-state index is -0.990. The summed E-state index contributed by atoms with van der Waals surface area (Å²) < 4.78 is 5.10. The van der Waals surface area contributed by atoms with Crippen molar-refractivity contribution in [2.24, 2.45) is 0 Å². The van der Waals surface area contributed by atoms with Crippen molar-refractivity contribution in [1.82, 2.24) is 5.32 Å². The fraction of sp³-hybridized carbons (Fsp3) is 0.500. The second-order valence-corrected chi connectivity index (χ2v) is 4.80. The van der Waals surface area contributed by atoms with Gasteiger partial charge in [-0.1, -0.05) is 0 Å². The van der Waals surface area contributed by atoms with Crippen LogP contribution >= 0.6 is 11.8 Å². The van der Waals surface area contributed by atoms with E-state index in [9.17, 15) is 9.59 Å². The van der Waals surface area contributed by atoms with Crippen LogP contribution < -0.4 is 5.32 Å². The van der Waals surface area contributed by atoms with Gasteiger partial charge in [-0.2, -0.15) is 11.8 Å². The van der Waals surface area contributed by atoms with Crippen LogP contribution in [0, 0.1) is 0 Å². The van der Waals surface area contributed by atoms with Crippen molar-refractivity contribution in [3.8, 4) is 0 Å². The summed E-state index contributed by atoms with van der Waals surface area (Å²) in [5.74, 6) is 0.173. The topological polar surface area (TPSA) is 79.5 Å². The summed E-state index contributed by atoms with van der Waals surface area (Å²) in [6, 6.07) is 2.74. The Morgan fingerprint density at radius 3 is 2.89 bits per heavy atom. The van der Waals surface area contributed by atoms with Crippen molar-refractivity contribution in [2.75, 3.05) is 12.0 Å². The summed E-state index contributed by atoms with van der Waals surface area (Å²) in [6.45, 7) is 0. The van der Waals surface area contributed by atoms with Gasteiger partial charge in [0.05, 0.1) is 6.26 Å². The zero-order valence-corrected chi connectivity index (χ0v) is 11.0. The number of hydrogen-bond donors (Lipinski definition) is 2. The molecule has 100 valence electrons. The Bertz CT molecular complexity index is 377. The van der Waals surface area contributed by atoms with Gasteiger partial charge in [-0.25, -0.2) is 4.79 Å². The second-order valence-electron chi connectivity index (χ2n) is 3.82. The second kappa shape index (κ2) is 7.81. The van der Waals surface area contributed by atoms with E-state index in [1.807, 2.05) is 6.26 Å². The first-order valence-electron chi connectivity index (χ1n) is 5.67. The average Bonchev–Trinajstić information content (AvgIpc) is 2.84. The van der Waals surface area contributed by atoms with Crippen LogP contribution in [0.1, 0.15) is 18.6 Å². The first kappa shape index (κ1) is 14.6. The van der Waals surface area contributed by atoms with Crippen LogP contribution in [-0.4, -0.2) is 35.0 Å². The molecule has 0 aliphatic carbocycles. The largest absolute Gasteiger partial charge is 0.480 e. The Morgan fingerprint density at radius 1 is 1.56 bits per heavy atom. The normalized spacial score (nSPS) is 12.1. The highest BCUT2D eigenvalue weighted by molar-refractivity contribution is 7.98. The van der Waals surface area contributed by atoms with Crippen LogP contribution in [0.3, 0.4) is 0 Å². The van der Waals surface area contributed by atoms with E-state index in [0.29, 0.717) is 18.6 Å². The molecular formula is C12H17NO4S. The first-order chi connectivity index (χ1) is 8.63. The third-order valence-corrected chi connectivity index (χ3v) is 3.07. The van der Waals surface area contributed by atoms with E-state index < -0.39 is 12.0 Å². The number of rotatable bonds is 8. The molecule has 0 spiro atoms. The van der Waals surface area contributed by atoms with Crippen LogP contribution in [0.5, 0.6) is 0 Å². The number of hydrogen-bond acceptors (Lipinski definition) is 4. The highest BCUT2D eigenvalue weighted by atomic mass is 32.2. The molecule has 18 heavy (non-hydrogen) atoms. The van der Waals surface area contributed by atoms with Gasteiger partial charge < -0.3 is 14.8 Å². The van der Waals surface area contributed by atoms with E-state index in [2.05, 4.69) is 5.32 Å². The average molecular weight is 271 g/mol. The van der Waals surface area contributed by atoms with Crippen molar-refractivity contribution in [3.05, 3.63) is 24.2 Å². The van der Waals surface area contributed by atoms with Crippen molar-refractivity contribution in [3.63, 3.8) is 0 Å². The lowest BCUT2D eigenvalue weighted by Gasteiger charge is -2.13. The third kappa shape index (κ3) is 5.27. The number of amides is 1. The molecule has 0 aliphatic rings. The molecule has 0 radical (unpaired) electrons. The minimum absolute atomic E-state index is 0.233. The maximum absolute atomic E-state index is 11.6. The summed E-state index contributed by atoms with van der Waals surface area (Å²) in [7, 11) is 0. The summed E-state index contributed by atoms with van der Waals surface area (Å²) in [6.07, 6.45) is 4.59.